The number of esters is 1. The van der Waals surface area contributed by atoms with E-state index in [-0.39, 0.29) is 5.82 Å². The fraction of sp³-hybridized carbons (Fsp3) is 0.200. The largest absolute Gasteiger partial charge is 0.463 e. The number of imidazole rings is 1. The predicted octanol–water partition coefficient (Wildman–Crippen LogP) is 2.42. The molecule has 1 heterocycles. The quantitative estimate of drug-likeness (QED) is 0.809. The first kappa shape index (κ1) is 10.2. The van der Waals surface area contributed by atoms with Crippen molar-refractivity contribution in [3.05, 3.63) is 28.0 Å². The lowest BCUT2D eigenvalue weighted by molar-refractivity contribution is 0.0588. The van der Waals surface area contributed by atoms with Crippen LogP contribution in [0.1, 0.15) is 16.2 Å². The molecule has 5 heteroatoms. The topological polar surface area (TPSA) is 55.0 Å². The van der Waals surface area contributed by atoms with Crippen LogP contribution in [-0.4, -0.2) is 23.0 Å². The molecule has 0 aliphatic carbocycles. The van der Waals surface area contributed by atoms with Gasteiger partial charge in [0.25, 0.3) is 0 Å². The molecule has 0 saturated carbocycles. The summed E-state index contributed by atoms with van der Waals surface area (Å²) in [6.07, 6.45) is 0. The van der Waals surface area contributed by atoms with E-state index in [9.17, 15) is 4.79 Å². The maximum absolute atomic E-state index is 11.2. The molecular weight excluding hydrogens is 260 g/mol. The van der Waals surface area contributed by atoms with Gasteiger partial charge in [0.05, 0.1) is 18.1 Å². The Morgan fingerprint density at radius 3 is 2.93 bits per heavy atom. The van der Waals surface area contributed by atoms with Crippen LogP contribution in [0.3, 0.4) is 0 Å². The molecule has 0 bridgehead atoms. The van der Waals surface area contributed by atoms with Gasteiger partial charge in [0, 0.05) is 4.47 Å². The van der Waals surface area contributed by atoms with Gasteiger partial charge in [-0.15, -0.1) is 0 Å². The van der Waals surface area contributed by atoms with Crippen LogP contribution in [0.5, 0.6) is 0 Å². The van der Waals surface area contributed by atoms with Crippen LogP contribution < -0.4 is 0 Å². The van der Waals surface area contributed by atoms with Crippen LogP contribution in [0, 0.1) is 6.92 Å². The highest BCUT2D eigenvalue weighted by Gasteiger charge is 2.11. The molecular formula is C10H9BrN2O2. The monoisotopic (exact) mass is 268 g/mol. The van der Waals surface area contributed by atoms with E-state index >= 15 is 0 Å². The van der Waals surface area contributed by atoms with Crippen molar-refractivity contribution in [2.75, 3.05) is 7.11 Å². The molecule has 4 nitrogen and oxygen atoms in total. The Hall–Kier alpha value is -1.36. The van der Waals surface area contributed by atoms with E-state index in [0.717, 1.165) is 21.1 Å². The number of carbonyl (C=O) groups is 1. The second kappa shape index (κ2) is 3.66. The summed E-state index contributed by atoms with van der Waals surface area (Å²) in [5, 5.41) is 0. The average molecular weight is 269 g/mol. The molecule has 0 atom stereocenters. The Morgan fingerprint density at radius 1 is 1.53 bits per heavy atom. The summed E-state index contributed by atoms with van der Waals surface area (Å²) >= 11 is 3.41. The van der Waals surface area contributed by atoms with Crippen LogP contribution >= 0.6 is 15.9 Å². The Balaban J connectivity index is 2.61. The highest BCUT2D eigenvalue weighted by Crippen LogP contribution is 2.22. The fourth-order valence-corrected chi connectivity index (χ4v) is 1.66. The standard InChI is InChI=1S/C10H9BrN2O2/c1-5-3-7-8(4-6(5)11)13-9(12-7)10(14)15-2/h3-4H,1-2H3,(H,12,13). The average Bonchev–Trinajstić information content (AvgIpc) is 2.60. The van der Waals surface area contributed by atoms with Gasteiger partial charge in [-0.05, 0) is 24.6 Å². The number of benzene rings is 1. The summed E-state index contributed by atoms with van der Waals surface area (Å²) in [6, 6.07) is 3.80. The molecule has 0 unspecified atom stereocenters. The number of aromatic nitrogens is 2. The lowest BCUT2D eigenvalue weighted by atomic mass is 10.2. The number of carbonyl (C=O) groups excluding carboxylic acids is 1. The zero-order chi connectivity index (χ0) is 11.0. The third-order valence-electron chi connectivity index (χ3n) is 2.14. The first-order valence-electron chi connectivity index (χ1n) is 4.36. The van der Waals surface area contributed by atoms with E-state index in [0.29, 0.717) is 0 Å². The van der Waals surface area contributed by atoms with E-state index in [2.05, 4.69) is 30.6 Å². The van der Waals surface area contributed by atoms with Gasteiger partial charge in [0.2, 0.25) is 5.82 Å². The summed E-state index contributed by atoms with van der Waals surface area (Å²) in [5.41, 5.74) is 2.66. The van der Waals surface area contributed by atoms with Gasteiger partial charge < -0.3 is 9.72 Å². The maximum atomic E-state index is 11.2. The number of nitrogens with one attached hydrogen (secondary N) is 1. The zero-order valence-electron chi connectivity index (χ0n) is 8.30. The number of fused-ring (bicyclic) bond motifs is 1. The van der Waals surface area contributed by atoms with Crippen molar-refractivity contribution in [2.24, 2.45) is 0 Å². The Kier molecular flexibility index (Phi) is 2.48. The Bertz CT molecular complexity index is 494. The van der Waals surface area contributed by atoms with Gasteiger partial charge in [-0.25, -0.2) is 9.78 Å². The van der Waals surface area contributed by atoms with Crippen molar-refractivity contribution < 1.29 is 9.53 Å². The van der Waals surface area contributed by atoms with Crippen molar-refractivity contribution in [3.63, 3.8) is 0 Å². The maximum Gasteiger partial charge on any atom is 0.374 e. The van der Waals surface area contributed by atoms with Gasteiger partial charge >= 0.3 is 5.97 Å². The van der Waals surface area contributed by atoms with Crippen LogP contribution in [-0.2, 0) is 4.74 Å². The van der Waals surface area contributed by atoms with Crippen LogP contribution in [0.15, 0.2) is 16.6 Å². The molecule has 0 aliphatic heterocycles. The summed E-state index contributed by atoms with van der Waals surface area (Å²) < 4.78 is 5.55. The molecule has 0 radical (unpaired) electrons. The van der Waals surface area contributed by atoms with E-state index in [1.165, 1.54) is 7.11 Å². The third kappa shape index (κ3) is 1.74. The number of rotatable bonds is 1. The summed E-state index contributed by atoms with van der Waals surface area (Å²) in [5.74, 6) is -0.232. The molecule has 2 aromatic rings. The number of hydrogen-bond donors (Lipinski definition) is 1. The molecule has 1 N–H and O–H groups in total. The molecule has 15 heavy (non-hydrogen) atoms. The van der Waals surface area contributed by atoms with E-state index in [1.54, 1.807) is 0 Å². The summed E-state index contributed by atoms with van der Waals surface area (Å²) in [7, 11) is 1.33. The fourth-order valence-electron chi connectivity index (χ4n) is 1.33. The SMILES string of the molecule is COC(=O)c1nc2cc(Br)c(C)cc2[nH]1. The van der Waals surface area contributed by atoms with Crippen molar-refractivity contribution in [3.8, 4) is 0 Å². The molecule has 78 valence electrons. The van der Waals surface area contributed by atoms with Gasteiger partial charge in [0.1, 0.15) is 0 Å². The molecule has 0 saturated heterocycles. The number of methoxy groups -OCH3 is 1. The van der Waals surface area contributed by atoms with Gasteiger partial charge in [-0.1, -0.05) is 15.9 Å². The second-order valence-corrected chi connectivity index (χ2v) is 4.05. The molecule has 0 spiro atoms. The van der Waals surface area contributed by atoms with Crippen LogP contribution in [0.2, 0.25) is 0 Å². The summed E-state index contributed by atoms with van der Waals surface area (Å²) in [6.45, 7) is 1.97. The number of nitrogens with zero attached hydrogens (tertiary/aromatic N) is 1. The second-order valence-electron chi connectivity index (χ2n) is 3.20. The molecule has 0 fully saturated rings. The van der Waals surface area contributed by atoms with E-state index in [1.807, 2.05) is 19.1 Å². The number of hydrogen-bond acceptors (Lipinski definition) is 3. The first-order valence-corrected chi connectivity index (χ1v) is 5.15. The van der Waals surface area contributed by atoms with Gasteiger partial charge in [-0.3, -0.25) is 0 Å². The van der Waals surface area contributed by atoms with Crippen molar-refractivity contribution in [1.29, 1.82) is 0 Å². The minimum atomic E-state index is -0.458. The minimum absolute atomic E-state index is 0.227. The Morgan fingerprint density at radius 2 is 2.27 bits per heavy atom. The highest BCUT2D eigenvalue weighted by molar-refractivity contribution is 9.10. The molecule has 1 aromatic heterocycles. The number of ether oxygens (including phenoxy) is 1. The molecule has 2 rings (SSSR count). The zero-order valence-corrected chi connectivity index (χ0v) is 9.88. The lowest BCUT2D eigenvalue weighted by Gasteiger charge is -1.95. The van der Waals surface area contributed by atoms with E-state index in [4.69, 9.17) is 0 Å². The number of aromatic amines is 1. The van der Waals surface area contributed by atoms with Crippen molar-refractivity contribution in [1.82, 2.24) is 9.97 Å². The number of H-pyrrole nitrogens is 1. The van der Waals surface area contributed by atoms with Gasteiger partial charge in [-0.2, -0.15) is 0 Å². The highest BCUT2D eigenvalue weighted by atomic mass is 79.9. The van der Waals surface area contributed by atoms with Gasteiger partial charge in [0.15, 0.2) is 0 Å². The number of halogens is 1. The lowest BCUT2D eigenvalue weighted by Crippen LogP contribution is -2.02. The molecule has 0 aliphatic rings. The van der Waals surface area contributed by atoms with Crippen LogP contribution in [0.4, 0.5) is 0 Å². The molecule has 1 aromatic carbocycles. The Labute approximate surface area is 94.8 Å². The molecule has 0 amide bonds. The third-order valence-corrected chi connectivity index (χ3v) is 3.00. The smallest absolute Gasteiger partial charge is 0.374 e. The van der Waals surface area contributed by atoms with E-state index < -0.39 is 5.97 Å². The minimum Gasteiger partial charge on any atom is -0.463 e. The predicted molar refractivity (Wildman–Crippen MR) is 59.9 cm³/mol. The first-order chi connectivity index (χ1) is 7.11. The normalized spacial score (nSPS) is 10.6. The van der Waals surface area contributed by atoms with Crippen LogP contribution in [0.25, 0.3) is 11.0 Å². The summed E-state index contributed by atoms with van der Waals surface area (Å²) in [4.78, 5) is 18.3. The van der Waals surface area contributed by atoms with Crippen molar-refractivity contribution in [2.45, 2.75) is 6.92 Å². The number of aryl methyl sites for hydroxylation is 1. The van der Waals surface area contributed by atoms with Crippen molar-refractivity contribution >= 4 is 32.9 Å².